The van der Waals surface area contributed by atoms with E-state index in [1.807, 2.05) is 26.0 Å². The van der Waals surface area contributed by atoms with Gasteiger partial charge in [-0.25, -0.2) is 10.2 Å². The molecule has 3 aromatic rings. The molecule has 0 aliphatic heterocycles. The van der Waals surface area contributed by atoms with Gasteiger partial charge in [-0.3, -0.25) is 9.59 Å². The summed E-state index contributed by atoms with van der Waals surface area (Å²) in [5.41, 5.74) is 5.60. The number of nitrogens with one attached hydrogen (secondary N) is 2. The van der Waals surface area contributed by atoms with E-state index in [0.29, 0.717) is 22.6 Å². The van der Waals surface area contributed by atoms with Gasteiger partial charge < -0.3 is 10.1 Å². The topological polar surface area (TPSA) is 96.9 Å². The first kappa shape index (κ1) is 22.9. The van der Waals surface area contributed by atoms with Gasteiger partial charge in [0.25, 0.3) is 0 Å². The lowest BCUT2D eigenvalue weighted by Crippen LogP contribution is -2.32. The van der Waals surface area contributed by atoms with Crippen LogP contribution in [0.1, 0.15) is 27.0 Å². The van der Waals surface area contributed by atoms with Crippen molar-refractivity contribution in [2.45, 2.75) is 13.8 Å². The Morgan fingerprint density at radius 3 is 2.38 bits per heavy atom. The number of hydrogen-bond donors (Lipinski definition) is 2. The van der Waals surface area contributed by atoms with Crippen molar-refractivity contribution in [1.29, 1.82) is 0 Å². The molecule has 32 heavy (non-hydrogen) atoms. The van der Waals surface area contributed by atoms with Crippen LogP contribution < -0.4 is 15.5 Å². The predicted octanol–water partition coefficient (Wildman–Crippen LogP) is 4.37. The average Bonchev–Trinajstić information content (AvgIpc) is 2.76. The summed E-state index contributed by atoms with van der Waals surface area (Å²) in [5.74, 6) is -1.80. The van der Waals surface area contributed by atoms with Crippen molar-refractivity contribution >= 4 is 45.6 Å². The Kier molecular flexibility index (Phi) is 7.51. The van der Waals surface area contributed by atoms with E-state index in [1.165, 1.54) is 6.21 Å². The number of anilines is 1. The smallest absolute Gasteiger partial charge is 0.343 e. The molecule has 0 atom stereocenters. The first-order valence-corrected chi connectivity index (χ1v) is 10.4. The molecule has 7 nitrogen and oxygen atoms in total. The number of ether oxygens (including phenoxy) is 1. The molecule has 3 aromatic carbocycles. The van der Waals surface area contributed by atoms with Gasteiger partial charge in [0.05, 0.1) is 11.8 Å². The van der Waals surface area contributed by atoms with E-state index < -0.39 is 17.8 Å². The number of carbonyl (C=O) groups is 3. The molecular weight excluding hydrogens is 474 g/mol. The summed E-state index contributed by atoms with van der Waals surface area (Å²) in [6, 6.07) is 19.0. The third kappa shape index (κ3) is 6.36. The number of hydrogen-bond acceptors (Lipinski definition) is 5. The fourth-order valence-corrected chi connectivity index (χ4v) is 3.20. The Hall–Kier alpha value is -3.78. The molecule has 3 rings (SSSR count). The molecule has 0 fully saturated rings. The molecule has 0 aromatic heterocycles. The zero-order chi connectivity index (χ0) is 23.1. The van der Waals surface area contributed by atoms with E-state index in [-0.39, 0.29) is 0 Å². The zero-order valence-electron chi connectivity index (χ0n) is 17.4. The number of rotatable bonds is 5. The van der Waals surface area contributed by atoms with E-state index in [2.05, 4.69) is 31.8 Å². The van der Waals surface area contributed by atoms with E-state index in [1.54, 1.807) is 54.6 Å². The number of hydrazone groups is 1. The Balaban J connectivity index is 1.52. The van der Waals surface area contributed by atoms with E-state index in [0.717, 1.165) is 15.6 Å². The first-order chi connectivity index (χ1) is 15.3. The Bertz CT molecular complexity index is 1190. The molecule has 0 saturated carbocycles. The highest BCUT2D eigenvalue weighted by atomic mass is 79.9. The maximum atomic E-state index is 12.2. The van der Waals surface area contributed by atoms with Gasteiger partial charge in [0.15, 0.2) is 0 Å². The molecule has 2 amide bonds. The molecule has 0 spiro atoms. The highest BCUT2D eigenvalue weighted by molar-refractivity contribution is 9.10. The number of aryl methyl sites for hydroxylation is 2. The highest BCUT2D eigenvalue weighted by Crippen LogP contribution is 2.20. The maximum Gasteiger partial charge on any atom is 0.343 e. The average molecular weight is 494 g/mol. The maximum absolute atomic E-state index is 12.2. The molecule has 162 valence electrons. The van der Waals surface area contributed by atoms with Crippen LogP contribution in [0.5, 0.6) is 5.75 Å². The van der Waals surface area contributed by atoms with Crippen LogP contribution in [0.15, 0.2) is 76.3 Å². The molecule has 0 aliphatic carbocycles. The number of carbonyl (C=O) groups excluding carboxylic acids is 3. The summed E-state index contributed by atoms with van der Waals surface area (Å²) < 4.78 is 6.22. The van der Waals surface area contributed by atoms with Crippen molar-refractivity contribution in [3.8, 4) is 5.75 Å². The summed E-state index contributed by atoms with van der Waals surface area (Å²) >= 11 is 3.34. The van der Waals surface area contributed by atoms with Gasteiger partial charge in [-0.05, 0) is 79.6 Å². The summed E-state index contributed by atoms with van der Waals surface area (Å²) in [6.07, 6.45) is 1.38. The van der Waals surface area contributed by atoms with Crippen molar-refractivity contribution in [1.82, 2.24) is 5.43 Å². The van der Waals surface area contributed by atoms with Gasteiger partial charge in [0.1, 0.15) is 5.75 Å². The van der Waals surface area contributed by atoms with Crippen LogP contribution in [0.4, 0.5) is 5.69 Å². The summed E-state index contributed by atoms with van der Waals surface area (Å²) in [4.78, 5) is 36.2. The summed E-state index contributed by atoms with van der Waals surface area (Å²) in [6.45, 7) is 3.72. The molecule has 0 saturated heterocycles. The number of esters is 1. The Morgan fingerprint density at radius 1 is 0.938 bits per heavy atom. The number of amides is 2. The van der Waals surface area contributed by atoms with Crippen LogP contribution in [0.2, 0.25) is 0 Å². The van der Waals surface area contributed by atoms with E-state index in [4.69, 9.17) is 4.74 Å². The second-order valence-electron chi connectivity index (χ2n) is 6.94. The lowest BCUT2D eigenvalue weighted by atomic mass is 10.1. The van der Waals surface area contributed by atoms with Gasteiger partial charge in [0, 0.05) is 10.2 Å². The van der Waals surface area contributed by atoms with Crippen LogP contribution in [0.3, 0.4) is 0 Å². The van der Waals surface area contributed by atoms with Crippen molar-refractivity contribution < 1.29 is 19.1 Å². The standard InChI is InChI=1S/C24H20BrN3O4/c1-15-4-3-5-18(12-15)24(31)32-20-9-6-17(7-10-20)14-26-28-23(30)22(29)27-21-11-8-19(25)13-16(21)2/h3-14H,1-2H3,(H,27,29)(H,28,30)/b26-14+. The van der Waals surface area contributed by atoms with Crippen molar-refractivity contribution in [2.24, 2.45) is 5.10 Å². The predicted molar refractivity (Wildman–Crippen MR) is 126 cm³/mol. The monoisotopic (exact) mass is 493 g/mol. The normalized spacial score (nSPS) is 10.6. The number of benzene rings is 3. The number of nitrogens with zero attached hydrogens (tertiary/aromatic N) is 1. The zero-order valence-corrected chi connectivity index (χ0v) is 19.0. The fraction of sp³-hybridized carbons (Fsp3) is 0.0833. The molecular formula is C24H20BrN3O4. The Labute approximate surface area is 193 Å². The minimum absolute atomic E-state index is 0.377. The van der Waals surface area contributed by atoms with E-state index >= 15 is 0 Å². The molecule has 8 heteroatoms. The van der Waals surface area contributed by atoms with Crippen molar-refractivity contribution in [3.63, 3.8) is 0 Å². The first-order valence-electron chi connectivity index (χ1n) is 9.61. The van der Waals surface area contributed by atoms with Crippen LogP contribution in [0, 0.1) is 13.8 Å². The van der Waals surface area contributed by atoms with Gasteiger partial charge >= 0.3 is 17.8 Å². The minimum atomic E-state index is -0.896. The van der Waals surface area contributed by atoms with Gasteiger partial charge in [-0.1, -0.05) is 33.6 Å². The second-order valence-corrected chi connectivity index (χ2v) is 7.86. The van der Waals surface area contributed by atoms with E-state index in [9.17, 15) is 14.4 Å². The molecule has 0 radical (unpaired) electrons. The molecule has 2 N–H and O–H groups in total. The van der Waals surface area contributed by atoms with Gasteiger partial charge in [-0.15, -0.1) is 0 Å². The van der Waals surface area contributed by atoms with Crippen LogP contribution >= 0.6 is 15.9 Å². The summed E-state index contributed by atoms with van der Waals surface area (Å²) in [5, 5.41) is 6.32. The molecule has 0 unspecified atom stereocenters. The van der Waals surface area contributed by atoms with Gasteiger partial charge in [-0.2, -0.15) is 5.10 Å². The second kappa shape index (κ2) is 10.5. The van der Waals surface area contributed by atoms with Crippen LogP contribution in [-0.4, -0.2) is 24.0 Å². The third-order valence-electron chi connectivity index (χ3n) is 4.37. The summed E-state index contributed by atoms with van der Waals surface area (Å²) in [7, 11) is 0. The molecule has 0 heterocycles. The van der Waals surface area contributed by atoms with Gasteiger partial charge in [0.2, 0.25) is 0 Å². The van der Waals surface area contributed by atoms with Crippen LogP contribution in [-0.2, 0) is 9.59 Å². The lowest BCUT2D eigenvalue weighted by molar-refractivity contribution is -0.136. The van der Waals surface area contributed by atoms with Crippen molar-refractivity contribution in [3.05, 3.63) is 93.5 Å². The Morgan fingerprint density at radius 2 is 1.69 bits per heavy atom. The quantitative estimate of drug-likeness (QED) is 0.181. The molecule has 0 bridgehead atoms. The largest absolute Gasteiger partial charge is 0.423 e. The molecule has 0 aliphatic rings. The van der Waals surface area contributed by atoms with Crippen molar-refractivity contribution in [2.75, 3.05) is 5.32 Å². The lowest BCUT2D eigenvalue weighted by Gasteiger charge is -2.07. The highest BCUT2D eigenvalue weighted by Gasteiger charge is 2.14. The van der Waals surface area contributed by atoms with Crippen LogP contribution in [0.25, 0.3) is 0 Å². The SMILES string of the molecule is Cc1cccc(C(=O)Oc2ccc(/C=N/NC(=O)C(=O)Nc3ccc(Br)cc3C)cc2)c1. The number of halogens is 1. The minimum Gasteiger partial charge on any atom is -0.423 e. The third-order valence-corrected chi connectivity index (χ3v) is 4.86. The fourth-order valence-electron chi connectivity index (χ4n) is 2.72.